The van der Waals surface area contributed by atoms with Gasteiger partial charge in [0.2, 0.25) is 0 Å². The van der Waals surface area contributed by atoms with Crippen molar-refractivity contribution in [1.29, 1.82) is 0 Å². The van der Waals surface area contributed by atoms with Crippen molar-refractivity contribution in [3.63, 3.8) is 0 Å². The highest BCUT2D eigenvalue weighted by atomic mass is 127. The van der Waals surface area contributed by atoms with Gasteiger partial charge in [0.15, 0.2) is 34.7 Å². The Labute approximate surface area is 891 Å². The fourth-order valence-corrected chi connectivity index (χ4v) is 18.4. The monoisotopic (exact) mass is 2330 g/mol. The smallest absolute Gasteiger partial charge is 0.416 e. The summed E-state index contributed by atoms with van der Waals surface area (Å²) in [6.07, 6.45) is -4.68. The molecule has 0 saturated heterocycles. The Morgan fingerprint density at radius 1 is 0.270 bits per heavy atom. The molecule has 0 bridgehead atoms. The number of benzene rings is 12. The van der Waals surface area contributed by atoms with Crippen LogP contribution in [-0.4, -0.2) is 65.3 Å². The van der Waals surface area contributed by atoms with E-state index >= 15 is 0 Å². The van der Waals surface area contributed by atoms with Gasteiger partial charge in [-0.25, -0.2) is 8.78 Å². The molecule has 0 amide bonds. The summed E-state index contributed by atoms with van der Waals surface area (Å²) < 4.78 is 68.8. The van der Waals surface area contributed by atoms with E-state index in [9.17, 15) is 81.4 Å². The van der Waals surface area contributed by atoms with Gasteiger partial charge < -0.3 is 30.6 Å². The zero-order valence-corrected chi connectivity index (χ0v) is 93.6. The van der Waals surface area contributed by atoms with Gasteiger partial charge in [-0.1, -0.05) is 258 Å². The van der Waals surface area contributed by atoms with Crippen molar-refractivity contribution in [2.75, 3.05) is 0 Å². The summed E-state index contributed by atoms with van der Waals surface area (Å²) in [5.41, 5.74) is 11.8. The third-order valence-electron chi connectivity index (χ3n) is 23.4. The van der Waals surface area contributed by atoms with Crippen molar-refractivity contribution < 1.29 is 81.4 Å². The standard InChI is InChI=1S/C20H20F4O2.C19H20BrIO2.3C19H20Cl2O2.C19H20FIO2/c1-10(2)15-7-12(8-16(11(3)4)19(15)26)18(25)14-6-5-13(9-17(14)21)20(22,23)24;1-10(2)14-7-12(8-15(11(3)4)19(14)23)18(22)16-9-13(20)5-6-17(16)21;1-10(2)16-7-13(8-17(11(3)4)19(16)23)18(22)12-5-14(20)9-15(21)6-12;1-10(2)15-7-12(8-16(11(3)4)19(15)23)18(22)14-6-5-13(20)9-17(14)21;1-10(2)13-8-12(9-14(11(3)4)19(13)23)18(22)17-15(20)6-5-7-16(17)21;1-10(2)14-7-12(8-15(11(3)4)19(14)23)18(22)16-9-13(21)5-6-17(16)20/h5-11,26H,1-4H3;5*5-11,23H,1-4H3. The van der Waals surface area contributed by atoms with Crippen molar-refractivity contribution in [1.82, 2.24) is 0 Å². The zero-order valence-electron chi connectivity index (χ0n) is 83.2. The Morgan fingerprint density at radius 3 is 0.844 bits per heavy atom. The molecule has 750 valence electrons. The van der Waals surface area contributed by atoms with Crippen LogP contribution in [0.2, 0.25) is 30.1 Å². The molecule has 6 N–H and O–H groups in total. The molecule has 12 aromatic rings. The molecule has 0 aliphatic heterocycles. The van der Waals surface area contributed by atoms with Crippen LogP contribution in [0.5, 0.6) is 34.5 Å². The number of hydrogen-bond donors (Lipinski definition) is 6. The summed E-state index contributed by atoms with van der Waals surface area (Å²) in [7, 11) is 0. The van der Waals surface area contributed by atoms with Crippen molar-refractivity contribution in [2.24, 2.45) is 0 Å². The van der Waals surface area contributed by atoms with E-state index in [0.717, 1.165) is 62.2 Å². The summed E-state index contributed by atoms with van der Waals surface area (Å²) in [5, 5.41) is 64.9. The fraction of sp³-hybridized carbons (Fsp3) is 0.322. The van der Waals surface area contributed by atoms with E-state index in [2.05, 4.69) is 61.1 Å². The van der Waals surface area contributed by atoms with E-state index in [1.165, 1.54) is 18.2 Å². The molecule has 0 heterocycles. The zero-order chi connectivity index (χ0) is 106. The number of alkyl halides is 3. The van der Waals surface area contributed by atoms with Crippen LogP contribution in [0.25, 0.3) is 0 Å². The SMILES string of the molecule is CC(C)c1cc(C(=O)c2c(Cl)cccc2Cl)cc(C(C)C)c1O.CC(C)c1cc(C(=O)c2cc(Br)ccc2I)cc(C(C)C)c1O.CC(C)c1cc(C(=O)c2cc(Cl)cc(Cl)c2)cc(C(C)C)c1O.CC(C)c1cc(C(=O)c2cc(I)ccc2F)cc(C(C)C)c1O.CC(C)c1cc(C(=O)c2ccc(C(F)(F)F)cc2F)cc(C(C)C)c1O.CC(C)c1cc(C(=O)c2ccc(Cl)cc2Cl)cc(C(C)C)c1O. The number of aromatic hydroxyl groups is 6. The Morgan fingerprint density at radius 2 is 0.546 bits per heavy atom. The van der Waals surface area contributed by atoms with Gasteiger partial charge in [0.25, 0.3) is 0 Å². The molecule has 0 unspecified atom stereocenters. The third kappa shape index (κ3) is 30.5. The van der Waals surface area contributed by atoms with Crippen LogP contribution in [0.4, 0.5) is 22.0 Å². The van der Waals surface area contributed by atoms with E-state index in [-0.39, 0.29) is 140 Å². The Balaban J connectivity index is 0.000000230. The predicted molar refractivity (Wildman–Crippen MR) is 585 cm³/mol. The van der Waals surface area contributed by atoms with Crippen LogP contribution in [0.1, 0.15) is 405 Å². The lowest BCUT2D eigenvalue weighted by atomic mass is 9.89. The molecule has 12 aromatic carbocycles. The van der Waals surface area contributed by atoms with E-state index in [1.54, 1.807) is 115 Å². The van der Waals surface area contributed by atoms with E-state index in [4.69, 9.17) is 69.6 Å². The molecule has 0 aliphatic rings. The van der Waals surface area contributed by atoms with Gasteiger partial charge in [0.1, 0.15) is 46.1 Å². The quantitative estimate of drug-likeness (QED) is 0.0189. The van der Waals surface area contributed by atoms with Crippen molar-refractivity contribution in [3.05, 3.63) is 374 Å². The van der Waals surface area contributed by atoms with E-state index in [0.29, 0.717) is 120 Å². The van der Waals surface area contributed by atoms with Crippen LogP contribution < -0.4 is 0 Å². The molecule has 12 rings (SSSR count). The van der Waals surface area contributed by atoms with Crippen LogP contribution in [0, 0.1) is 18.8 Å². The molecule has 26 heteroatoms. The maximum absolute atomic E-state index is 14.1. The average Bonchev–Trinajstić information content (AvgIpc) is 0.739. The summed E-state index contributed by atoms with van der Waals surface area (Å²) in [5.74, 6) is -1.04. The molecule has 0 aromatic heterocycles. The first-order valence-corrected chi connectivity index (χ1v) is 51.4. The largest absolute Gasteiger partial charge is 0.507 e. The number of phenols is 6. The topological polar surface area (TPSA) is 224 Å². The normalized spacial score (nSPS) is 11.4. The third-order valence-corrected chi connectivity index (χ3v) is 27.1. The molecular formula is C115H120BrCl6F5I2O12. The maximum atomic E-state index is 14.1. The van der Waals surface area contributed by atoms with Gasteiger partial charge in [-0.15, -0.1) is 0 Å². The number of rotatable bonds is 24. The van der Waals surface area contributed by atoms with Crippen molar-refractivity contribution >= 4 is 165 Å². The van der Waals surface area contributed by atoms with Crippen LogP contribution in [0.15, 0.2) is 186 Å². The summed E-state index contributed by atoms with van der Waals surface area (Å²) in [6, 6.07) is 47.1. The van der Waals surface area contributed by atoms with Crippen LogP contribution in [0.3, 0.4) is 0 Å². The van der Waals surface area contributed by atoms with Crippen molar-refractivity contribution in [2.45, 2.75) is 243 Å². The maximum Gasteiger partial charge on any atom is 0.416 e. The number of phenolic OH excluding ortho intramolecular Hbond substituents is 6. The van der Waals surface area contributed by atoms with Gasteiger partial charge in [0.05, 0.1) is 37.3 Å². The Kier molecular flexibility index (Phi) is 43.4. The summed E-state index contributed by atoms with van der Waals surface area (Å²) in [6.45, 7) is 47.1. The summed E-state index contributed by atoms with van der Waals surface area (Å²) in [4.78, 5) is 77.0. The highest BCUT2D eigenvalue weighted by Gasteiger charge is 2.34. The number of halogens is 14. The van der Waals surface area contributed by atoms with Gasteiger partial charge in [-0.2, -0.15) is 13.2 Å². The first-order chi connectivity index (χ1) is 65.5. The van der Waals surface area contributed by atoms with Gasteiger partial charge in [0, 0.05) is 76.8 Å². The lowest BCUT2D eigenvalue weighted by Gasteiger charge is -2.17. The lowest BCUT2D eigenvalue weighted by molar-refractivity contribution is -0.137. The second-order valence-corrected chi connectivity index (χ2v) is 44.0. The number of carbonyl (C=O) groups is 6. The second-order valence-electron chi connectivity index (χ2n) is 38.2. The van der Waals surface area contributed by atoms with E-state index in [1.807, 2.05) is 197 Å². The van der Waals surface area contributed by atoms with E-state index < -0.39 is 34.7 Å². The number of ketones is 6. The molecule has 0 aliphatic carbocycles. The molecule has 0 saturated carbocycles. The first-order valence-electron chi connectivity index (χ1n) is 46.1. The predicted octanol–water partition coefficient (Wildman–Crippen LogP) is 36.4. The summed E-state index contributed by atoms with van der Waals surface area (Å²) >= 11 is 44.0. The van der Waals surface area contributed by atoms with Crippen LogP contribution in [-0.2, 0) is 6.18 Å². The van der Waals surface area contributed by atoms with Crippen LogP contribution >= 0.6 is 131 Å². The highest BCUT2D eigenvalue weighted by molar-refractivity contribution is 14.1. The Bertz CT molecular complexity index is 6290. The highest BCUT2D eigenvalue weighted by Crippen LogP contribution is 2.45. The molecular weight excluding hydrogens is 2210 g/mol. The van der Waals surface area contributed by atoms with Gasteiger partial charge >= 0.3 is 6.18 Å². The molecule has 141 heavy (non-hydrogen) atoms. The molecule has 0 radical (unpaired) electrons. The first kappa shape index (κ1) is 119. The average molecular weight is 2340 g/mol. The number of carbonyl (C=O) groups excluding carboxylic acids is 6. The van der Waals surface area contributed by atoms with Crippen molar-refractivity contribution in [3.8, 4) is 34.5 Å². The molecule has 0 spiro atoms. The lowest BCUT2D eigenvalue weighted by Crippen LogP contribution is -2.10. The second kappa shape index (κ2) is 51.5. The van der Waals surface area contributed by atoms with Gasteiger partial charge in [-0.3, -0.25) is 28.8 Å². The number of hydrogen-bond acceptors (Lipinski definition) is 12. The molecule has 12 nitrogen and oxygen atoms in total. The fourth-order valence-electron chi connectivity index (χ4n) is 15.4. The minimum absolute atomic E-state index is 0.0144. The minimum Gasteiger partial charge on any atom is -0.507 e. The minimum atomic E-state index is -4.68. The molecule has 0 fully saturated rings. The Hall–Kier alpha value is -9.21. The van der Waals surface area contributed by atoms with Gasteiger partial charge in [-0.05, 0) is 359 Å². The molecule has 0 atom stereocenters.